The van der Waals surface area contributed by atoms with Crippen LogP contribution in [0.1, 0.15) is 32.1 Å². The third-order valence-corrected chi connectivity index (χ3v) is 4.94. The van der Waals surface area contributed by atoms with Crippen molar-refractivity contribution < 1.29 is 9.18 Å². The third-order valence-electron chi connectivity index (χ3n) is 4.94. The van der Waals surface area contributed by atoms with Crippen molar-refractivity contribution in [2.24, 2.45) is 5.92 Å². The number of halogens is 1. The summed E-state index contributed by atoms with van der Waals surface area (Å²) in [6.07, 6.45) is 6.40. The van der Waals surface area contributed by atoms with Crippen molar-refractivity contribution >= 4 is 28.4 Å². The monoisotopic (exact) mass is 365 g/mol. The molecule has 0 bridgehead atoms. The van der Waals surface area contributed by atoms with Crippen molar-refractivity contribution in [1.29, 1.82) is 0 Å². The van der Waals surface area contributed by atoms with Crippen LogP contribution in [0.4, 0.5) is 15.9 Å². The quantitative estimate of drug-likeness (QED) is 0.730. The van der Waals surface area contributed by atoms with Gasteiger partial charge < -0.3 is 11.1 Å². The first-order chi connectivity index (χ1) is 13.1. The summed E-state index contributed by atoms with van der Waals surface area (Å²) in [6, 6.07) is 7.91. The van der Waals surface area contributed by atoms with Gasteiger partial charge in [0.1, 0.15) is 17.7 Å². The molecule has 4 rings (SSSR count). The summed E-state index contributed by atoms with van der Waals surface area (Å²) in [6.45, 7) is 0. The lowest BCUT2D eigenvalue weighted by molar-refractivity contribution is -0.117. The number of nitrogen functional groups attached to an aromatic ring is 1. The topological polar surface area (TPSA) is 93.8 Å². The predicted octanol–water partition coefficient (Wildman–Crippen LogP) is 3.93. The number of hydrogen-bond acceptors (Lipinski definition) is 5. The summed E-state index contributed by atoms with van der Waals surface area (Å²) in [5.41, 5.74) is 8.46. The molecule has 2 heterocycles. The van der Waals surface area contributed by atoms with Crippen LogP contribution in [0.3, 0.4) is 0 Å². The van der Waals surface area contributed by atoms with Gasteiger partial charge in [0.15, 0.2) is 5.82 Å². The lowest BCUT2D eigenvalue weighted by Gasteiger charge is -2.11. The number of carbonyl (C=O) groups is 1. The molecule has 138 valence electrons. The highest BCUT2D eigenvalue weighted by Gasteiger charge is 2.18. The molecule has 3 N–H and O–H groups in total. The number of nitrogens with one attached hydrogen (secondary N) is 1. The number of benzene rings is 1. The van der Waals surface area contributed by atoms with Crippen LogP contribution in [-0.4, -0.2) is 20.9 Å². The molecular formula is C20H20FN5O. The summed E-state index contributed by atoms with van der Waals surface area (Å²) < 4.78 is 14.1. The van der Waals surface area contributed by atoms with Crippen LogP contribution in [0.2, 0.25) is 0 Å². The maximum Gasteiger partial charge on any atom is 0.224 e. The zero-order chi connectivity index (χ0) is 18.8. The molecule has 1 fully saturated rings. The molecule has 1 aliphatic rings. The van der Waals surface area contributed by atoms with Crippen molar-refractivity contribution in [3.8, 4) is 11.3 Å². The first kappa shape index (κ1) is 17.3. The van der Waals surface area contributed by atoms with E-state index in [0.29, 0.717) is 40.3 Å². The Morgan fingerprint density at radius 1 is 1.19 bits per heavy atom. The van der Waals surface area contributed by atoms with E-state index in [-0.39, 0.29) is 11.7 Å². The van der Waals surface area contributed by atoms with Crippen LogP contribution in [-0.2, 0) is 4.79 Å². The molecule has 0 atom stereocenters. The first-order valence-electron chi connectivity index (χ1n) is 9.06. The summed E-state index contributed by atoms with van der Waals surface area (Å²) >= 11 is 0. The van der Waals surface area contributed by atoms with Crippen LogP contribution in [0, 0.1) is 11.7 Å². The van der Waals surface area contributed by atoms with E-state index in [9.17, 15) is 9.18 Å². The number of rotatable bonds is 4. The fraction of sp³-hybridized carbons (Fsp3) is 0.300. The van der Waals surface area contributed by atoms with E-state index in [4.69, 9.17) is 5.73 Å². The van der Waals surface area contributed by atoms with E-state index in [2.05, 4.69) is 20.3 Å². The van der Waals surface area contributed by atoms with Crippen molar-refractivity contribution in [2.45, 2.75) is 32.1 Å². The minimum absolute atomic E-state index is 0.0810. The Bertz CT molecular complexity index is 1000. The van der Waals surface area contributed by atoms with Gasteiger partial charge >= 0.3 is 0 Å². The number of amides is 1. The van der Waals surface area contributed by atoms with Crippen LogP contribution in [0.25, 0.3) is 22.3 Å². The van der Waals surface area contributed by atoms with E-state index >= 15 is 0 Å². The molecule has 1 saturated carbocycles. The smallest absolute Gasteiger partial charge is 0.224 e. The van der Waals surface area contributed by atoms with Crippen LogP contribution >= 0.6 is 0 Å². The molecule has 7 heteroatoms. The average molecular weight is 365 g/mol. The van der Waals surface area contributed by atoms with Gasteiger partial charge in [-0.2, -0.15) is 0 Å². The molecule has 2 aromatic heterocycles. The summed E-state index contributed by atoms with van der Waals surface area (Å²) in [7, 11) is 0. The Morgan fingerprint density at radius 2 is 2.00 bits per heavy atom. The van der Waals surface area contributed by atoms with E-state index in [1.165, 1.54) is 31.3 Å². The maximum absolute atomic E-state index is 14.1. The minimum Gasteiger partial charge on any atom is -0.382 e. The molecule has 27 heavy (non-hydrogen) atoms. The SMILES string of the molecule is Nc1ncnc2ccc(-c3cc(F)cc(NC(=O)CC4CCCC4)c3)nc12. The van der Waals surface area contributed by atoms with Crippen molar-refractivity contribution in [3.63, 3.8) is 0 Å². The van der Waals surface area contributed by atoms with Gasteiger partial charge in [-0.05, 0) is 49.1 Å². The highest BCUT2D eigenvalue weighted by molar-refractivity contribution is 5.92. The molecule has 3 aromatic rings. The van der Waals surface area contributed by atoms with Crippen molar-refractivity contribution in [2.75, 3.05) is 11.1 Å². The lowest BCUT2D eigenvalue weighted by atomic mass is 10.0. The molecule has 0 unspecified atom stereocenters. The van der Waals surface area contributed by atoms with Crippen LogP contribution < -0.4 is 11.1 Å². The lowest BCUT2D eigenvalue weighted by Crippen LogP contribution is -2.15. The Kier molecular flexibility index (Phi) is 4.66. The number of anilines is 2. The zero-order valence-electron chi connectivity index (χ0n) is 14.8. The third kappa shape index (κ3) is 3.86. The standard InChI is InChI=1S/C20H20FN5O/c21-14-8-13(16-5-6-17-19(26-16)20(22)24-11-23-17)9-15(10-14)25-18(27)7-12-3-1-2-4-12/h5-6,8-12H,1-4,7H2,(H,25,27)(H2,22,23,24). The van der Waals surface area contributed by atoms with Crippen LogP contribution in [0.15, 0.2) is 36.7 Å². The van der Waals surface area contributed by atoms with Crippen molar-refractivity contribution in [1.82, 2.24) is 15.0 Å². The number of nitrogens with zero attached hydrogens (tertiary/aromatic N) is 3. The number of aromatic nitrogens is 3. The number of hydrogen-bond donors (Lipinski definition) is 2. The Labute approximate surface area is 156 Å². The van der Waals surface area contributed by atoms with E-state index in [0.717, 1.165) is 12.8 Å². The fourth-order valence-corrected chi connectivity index (χ4v) is 3.62. The van der Waals surface area contributed by atoms with Gasteiger partial charge in [0.2, 0.25) is 5.91 Å². The number of nitrogens with two attached hydrogens (primary N) is 1. The molecular weight excluding hydrogens is 345 g/mol. The molecule has 0 aliphatic heterocycles. The predicted molar refractivity (Wildman–Crippen MR) is 102 cm³/mol. The summed E-state index contributed by atoms with van der Waals surface area (Å²) in [5, 5.41) is 2.81. The summed E-state index contributed by atoms with van der Waals surface area (Å²) in [5.74, 6) is 0.178. The first-order valence-corrected chi connectivity index (χ1v) is 9.06. The largest absolute Gasteiger partial charge is 0.382 e. The molecule has 1 aliphatic carbocycles. The zero-order valence-corrected chi connectivity index (χ0v) is 14.8. The second-order valence-electron chi connectivity index (χ2n) is 6.95. The van der Waals surface area contributed by atoms with Crippen LogP contribution in [0.5, 0.6) is 0 Å². The number of fused-ring (bicyclic) bond motifs is 1. The second kappa shape index (κ2) is 7.26. The Balaban J connectivity index is 1.60. The highest BCUT2D eigenvalue weighted by atomic mass is 19.1. The van der Waals surface area contributed by atoms with E-state index < -0.39 is 5.82 Å². The van der Waals surface area contributed by atoms with Crippen molar-refractivity contribution in [3.05, 3.63) is 42.5 Å². The molecule has 6 nitrogen and oxygen atoms in total. The molecule has 0 radical (unpaired) electrons. The Morgan fingerprint density at radius 3 is 2.81 bits per heavy atom. The molecule has 1 aromatic carbocycles. The number of pyridine rings is 1. The highest BCUT2D eigenvalue weighted by Crippen LogP contribution is 2.29. The Hall–Kier alpha value is -3.09. The van der Waals surface area contributed by atoms with Gasteiger partial charge in [0, 0.05) is 17.7 Å². The van der Waals surface area contributed by atoms with Gasteiger partial charge in [-0.1, -0.05) is 12.8 Å². The van der Waals surface area contributed by atoms with E-state index in [1.807, 2.05) is 0 Å². The molecule has 1 amide bonds. The van der Waals surface area contributed by atoms with Gasteiger partial charge in [0.25, 0.3) is 0 Å². The van der Waals surface area contributed by atoms with Gasteiger partial charge in [-0.15, -0.1) is 0 Å². The van der Waals surface area contributed by atoms with Gasteiger partial charge in [-0.25, -0.2) is 19.3 Å². The summed E-state index contributed by atoms with van der Waals surface area (Å²) in [4.78, 5) is 24.8. The second-order valence-corrected chi connectivity index (χ2v) is 6.95. The minimum atomic E-state index is -0.442. The normalized spacial score (nSPS) is 14.6. The molecule has 0 spiro atoms. The maximum atomic E-state index is 14.1. The fourth-order valence-electron chi connectivity index (χ4n) is 3.62. The van der Waals surface area contributed by atoms with E-state index in [1.54, 1.807) is 18.2 Å². The van der Waals surface area contributed by atoms with Gasteiger partial charge in [-0.3, -0.25) is 4.79 Å². The average Bonchev–Trinajstić information content (AvgIpc) is 3.14. The molecule has 0 saturated heterocycles. The van der Waals surface area contributed by atoms with Gasteiger partial charge in [0.05, 0.1) is 11.2 Å². The number of carbonyl (C=O) groups excluding carboxylic acids is 1.